The molecule has 0 amide bonds. The van der Waals surface area contributed by atoms with Crippen LogP contribution in [0.25, 0.3) is 0 Å². The number of rotatable bonds is 0. The fourth-order valence-corrected chi connectivity index (χ4v) is 0.802. The average molecular weight is 165 g/mol. The van der Waals surface area contributed by atoms with Crippen LogP contribution in [0.15, 0.2) is 24.3 Å². The summed E-state index contributed by atoms with van der Waals surface area (Å²) in [4.78, 5) is 0. The molecule has 0 aromatic heterocycles. The summed E-state index contributed by atoms with van der Waals surface area (Å²) in [6.07, 6.45) is 5.04. The molecule has 4 heteroatoms. The summed E-state index contributed by atoms with van der Waals surface area (Å²) >= 11 is 11.2. The quantitative estimate of drug-likeness (QED) is 0.508. The molecule has 0 bridgehead atoms. The number of hydrogen-bond donors (Lipinski definition) is 0. The highest BCUT2D eigenvalue weighted by Gasteiger charge is 2.03. The van der Waals surface area contributed by atoms with Gasteiger partial charge in [0.15, 0.2) is 0 Å². The Morgan fingerprint density at radius 3 is 2.44 bits per heavy atom. The normalized spacial score (nSPS) is 18.3. The Kier molecular flexibility index (Phi) is 1.88. The van der Waals surface area contributed by atoms with Crippen LogP contribution in [0.2, 0.25) is 0 Å². The van der Waals surface area contributed by atoms with Crippen LogP contribution in [0.3, 0.4) is 0 Å². The highest BCUT2D eigenvalue weighted by atomic mass is 35.5. The van der Waals surface area contributed by atoms with Gasteiger partial charge < -0.3 is 0 Å². The van der Waals surface area contributed by atoms with Crippen molar-refractivity contribution in [3.05, 3.63) is 24.3 Å². The smallest absolute Gasteiger partial charge is 0.0494 e. The van der Waals surface area contributed by atoms with Gasteiger partial charge in [-0.2, -0.15) is 0 Å². The summed E-state index contributed by atoms with van der Waals surface area (Å²) in [7, 11) is 0. The third-order valence-corrected chi connectivity index (χ3v) is 1.58. The second kappa shape index (κ2) is 2.50. The number of hydrogen-bond acceptors (Lipinski definition) is 2. The lowest BCUT2D eigenvalue weighted by Gasteiger charge is -2.18. The zero-order valence-corrected chi connectivity index (χ0v) is 6.39. The van der Waals surface area contributed by atoms with Gasteiger partial charge in [0.25, 0.3) is 0 Å². The minimum Gasteiger partial charge on any atom is -0.265 e. The van der Waals surface area contributed by atoms with E-state index in [1.165, 1.54) is 8.84 Å². The molecule has 50 valence electrons. The van der Waals surface area contributed by atoms with Gasteiger partial charge in [-0.05, 0) is 6.92 Å². The topological polar surface area (TPSA) is 6.48 Å². The van der Waals surface area contributed by atoms with E-state index in [2.05, 4.69) is 0 Å². The Balaban J connectivity index is 2.70. The van der Waals surface area contributed by atoms with Crippen LogP contribution < -0.4 is 0 Å². The van der Waals surface area contributed by atoms with Crippen molar-refractivity contribution < 1.29 is 0 Å². The third-order valence-electron chi connectivity index (χ3n) is 0.987. The molecular formula is C5H6Cl2N2. The van der Waals surface area contributed by atoms with Crippen molar-refractivity contribution in [2.45, 2.75) is 6.92 Å². The first kappa shape index (κ1) is 6.78. The molecule has 0 aromatic carbocycles. The molecule has 0 aliphatic carbocycles. The second-order valence-electron chi connectivity index (χ2n) is 1.72. The molecule has 1 rings (SSSR count). The molecule has 0 N–H and O–H groups in total. The highest BCUT2D eigenvalue weighted by Crippen LogP contribution is 2.15. The number of allylic oxidation sites excluding steroid dienone is 1. The first-order valence-corrected chi connectivity index (χ1v) is 3.13. The Morgan fingerprint density at radius 1 is 1.33 bits per heavy atom. The SMILES string of the molecule is CC1=CN(Cl)C=CN1Cl. The molecule has 9 heavy (non-hydrogen) atoms. The summed E-state index contributed by atoms with van der Waals surface area (Å²) < 4.78 is 2.90. The summed E-state index contributed by atoms with van der Waals surface area (Å²) in [5.74, 6) is 0. The molecule has 2 nitrogen and oxygen atoms in total. The van der Waals surface area contributed by atoms with Crippen LogP contribution in [-0.4, -0.2) is 8.84 Å². The third kappa shape index (κ3) is 1.53. The molecule has 0 spiro atoms. The van der Waals surface area contributed by atoms with E-state index >= 15 is 0 Å². The molecule has 0 atom stereocenters. The number of nitrogens with zero attached hydrogens (tertiary/aromatic N) is 2. The Hall–Kier alpha value is -0.340. The summed E-state index contributed by atoms with van der Waals surface area (Å²) in [5, 5.41) is 0. The van der Waals surface area contributed by atoms with E-state index in [-0.39, 0.29) is 0 Å². The molecule has 0 radical (unpaired) electrons. The van der Waals surface area contributed by atoms with Gasteiger partial charge >= 0.3 is 0 Å². The molecule has 0 saturated carbocycles. The van der Waals surface area contributed by atoms with Gasteiger partial charge in [-0.25, -0.2) is 0 Å². The van der Waals surface area contributed by atoms with Gasteiger partial charge in [-0.3, -0.25) is 8.84 Å². The van der Waals surface area contributed by atoms with Crippen LogP contribution in [-0.2, 0) is 0 Å². The van der Waals surface area contributed by atoms with Crippen LogP contribution in [0, 0.1) is 0 Å². The summed E-state index contributed by atoms with van der Waals surface area (Å²) in [6, 6.07) is 0. The first-order valence-electron chi connectivity index (χ1n) is 2.46. The van der Waals surface area contributed by atoms with Gasteiger partial charge in [0, 0.05) is 47.9 Å². The molecule has 0 unspecified atom stereocenters. The lowest BCUT2D eigenvalue weighted by Crippen LogP contribution is -2.10. The zero-order chi connectivity index (χ0) is 6.85. The summed E-state index contributed by atoms with van der Waals surface area (Å²) in [6.45, 7) is 1.87. The zero-order valence-electron chi connectivity index (χ0n) is 4.88. The fraction of sp³-hybridized carbons (Fsp3) is 0.200. The maximum absolute atomic E-state index is 5.63. The van der Waals surface area contributed by atoms with E-state index < -0.39 is 0 Å². The van der Waals surface area contributed by atoms with E-state index in [0.29, 0.717) is 0 Å². The van der Waals surface area contributed by atoms with Gasteiger partial charge in [0.1, 0.15) is 0 Å². The minimum atomic E-state index is 0.897. The van der Waals surface area contributed by atoms with Crippen molar-refractivity contribution >= 4 is 23.6 Å². The van der Waals surface area contributed by atoms with Crippen LogP contribution in [0.5, 0.6) is 0 Å². The average Bonchev–Trinajstić information content (AvgIpc) is 1.80. The lowest BCUT2D eigenvalue weighted by atomic mass is 10.5. The molecular weight excluding hydrogens is 159 g/mol. The van der Waals surface area contributed by atoms with Crippen LogP contribution in [0.1, 0.15) is 6.92 Å². The maximum atomic E-state index is 5.63. The molecule has 1 aliphatic rings. The molecule has 0 saturated heterocycles. The fourth-order valence-electron chi connectivity index (χ4n) is 0.516. The van der Waals surface area contributed by atoms with Gasteiger partial charge in [0.05, 0.1) is 0 Å². The van der Waals surface area contributed by atoms with Crippen molar-refractivity contribution in [1.29, 1.82) is 0 Å². The van der Waals surface area contributed by atoms with Crippen LogP contribution >= 0.6 is 23.6 Å². The standard InChI is InChI=1S/C5H6Cl2N2/c1-5-4-8(6)2-3-9(5)7/h2-4H,1H3. The number of halogens is 2. The van der Waals surface area contributed by atoms with Gasteiger partial charge in [-0.15, -0.1) is 0 Å². The van der Waals surface area contributed by atoms with E-state index in [0.717, 1.165) is 5.70 Å². The molecule has 1 heterocycles. The van der Waals surface area contributed by atoms with Crippen molar-refractivity contribution in [2.75, 3.05) is 0 Å². The molecule has 0 aromatic rings. The largest absolute Gasteiger partial charge is 0.265 e. The Labute approximate surface area is 64.2 Å². The Morgan fingerprint density at radius 2 is 2.00 bits per heavy atom. The minimum absolute atomic E-state index is 0.897. The second-order valence-corrected chi connectivity index (χ2v) is 2.48. The van der Waals surface area contributed by atoms with Crippen molar-refractivity contribution in [2.24, 2.45) is 0 Å². The van der Waals surface area contributed by atoms with Crippen molar-refractivity contribution in [3.63, 3.8) is 0 Å². The van der Waals surface area contributed by atoms with E-state index in [1.54, 1.807) is 18.6 Å². The highest BCUT2D eigenvalue weighted by molar-refractivity contribution is 6.16. The van der Waals surface area contributed by atoms with E-state index in [1.807, 2.05) is 6.92 Å². The Bertz CT molecular complexity index is 164. The monoisotopic (exact) mass is 164 g/mol. The van der Waals surface area contributed by atoms with Gasteiger partial charge in [0.2, 0.25) is 0 Å². The van der Waals surface area contributed by atoms with Crippen molar-refractivity contribution in [3.8, 4) is 0 Å². The molecule has 0 fully saturated rings. The van der Waals surface area contributed by atoms with E-state index in [9.17, 15) is 0 Å². The predicted molar refractivity (Wildman–Crippen MR) is 38.3 cm³/mol. The van der Waals surface area contributed by atoms with Crippen molar-refractivity contribution in [1.82, 2.24) is 8.84 Å². The maximum Gasteiger partial charge on any atom is 0.0494 e. The van der Waals surface area contributed by atoms with Gasteiger partial charge in [-0.1, -0.05) is 0 Å². The summed E-state index contributed by atoms with van der Waals surface area (Å²) in [5.41, 5.74) is 0.897. The van der Waals surface area contributed by atoms with E-state index in [4.69, 9.17) is 23.6 Å². The van der Waals surface area contributed by atoms with Crippen LogP contribution in [0.4, 0.5) is 0 Å². The predicted octanol–water partition coefficient (Wildman–Crippen LogP) is 2.24. The lowest BCUT2D eigenvalue weighted by molar-refractivity contribution is 0.646. The molecule has 1 aliphatic heterocycles. The first-order chi connectivity index (χ1) is 4.20.